The van der Waals surface area contributed by atoms with Crippen molar-refractivity contribution in [3.8, 4) is 0 Å². The van der Waals surface area contributed by atoms with Gasteiger partial charge in [-0.3, -0.25) is 9.59 Å². The number of nitrogens with zero attached hydrogens (tertiary/aromatic N) is 4. The van der Waals surface area contributed by atoms with E-state index in [1.165, 1.54) is 6.92 Å². The third-order valence-electron chi connectivity index (χ3n) is 3.76. The first kappa shape index (κ1) is 16.9. The molecular weight excluding hydrogens is 256 g/mol. The van der Waals surface area contributed by atoms with Crippen LogP contribution in [0.5, 0.6) is 0 Å². The monoisotopic (exact) mass is 284 g/mol. The van der Waals surface area contributed by atoms with E-state index in [1.54, 1.807) is 4.90 Å². The van der Waals surface area contributed by atoms with Crippen LogP contribution in [0.3, 0.4) is 0 Å². The molecule has 1 rings (SSSR count). The van der Waals surface area contributed by atoms with E-state index in [4.69, 9.17) is 0 Å². The molecule has 6 nitrogen and oxygen atoms in total. The van der Waals surface area contributed by atoms with Crippen molar-refractivity contribution < 1.29 is 9.59 Å². The SMILES string of the molecule is CCN1CCN(C(=O)CN(CCN(C)C)C(C)=O)CC1. The van der Waals surface area contributed by atoms with Crippen molar-refractivity contribution in [3.63, 3.8) is 0 Å². The average Bonchev–Trinajstić information content (AvgIpc) is 2.42. The number of rotatable bonds is 6. The molecule has 116 valence electrons. The van der Waals surface area contributed by atoms with Gasteiger partial charge in [-0.2, -0.15) is 0 Å². The van der Waals surface area contributed by atoms with Crippen LogP contribution in [0.1, 0.15) is 13.8 Å². The van der Waals surface area contributed by atoms with Crippen molar-refractivity contribution in [1.29, 1.82) is 0 Å². The van der Waals surface area contributed by atoms with Gasteiger partial charge in [-0.05, 0) is 20.6 Å². The number of carbonyl (C=O) groups is 2. The lowest BCUT2D eigenvalue weighted by molar-refractivity contribution is -0.140. The van der Waals surface area contributed by atoms with Crippen LogP contribution in [0.4, 0.5) is 0 Å². The lowest BCUT2D eigenvalue weighted by Crippen LogP contribution is -2.52. The first-order valence-corrected chi connectivity index (χ1v) is 7.34. The second-order valence-corrected chi connectivity index (χ2v) is 5.56. The standard InChI is InChI=1S/C14H28N4O2/c1-5-16-7-10-17(11-8-16)14(20)12-18(13(2)19)9-6-15(3)4/h5-12H2,1-4H3. The van der Waals surface area contributed by atoms with Gasteiger partial charge in [0.25, 0.3) is 0 Å². The van der Waals surface area contributed by atoms with Gasteiger partial charge in [-0.1, -0.05) is 6.92 Å². The summed E-state index contributed by atoms with van der Waals surface area (Å²) in [5.74, 6) is 0.0297. The van der Waals surface area contributed by atoms with E-state index < -0.39 is 0 Å². The summed E-state index contributed by atoms with van der Waals surface area (Å²) in [6.07, 6.45) is 0. The summed E-state index contributed by atoms with van der Waals surface area (Å²) in [4.78, 5) is 31.7. The summed E-state index contributed by atoms with van der Waals surface area (Å²) < 4.78 is 0. The Hall–Kier alpha value is -1.14. The molecule has 0 aromatic heterocycles. The van der Waals surface area contributed by atoms with Crippen molar-refractivity contribution in [2.75, 3.05) is 66.5 Å². The zero-order valence-corrected chi connectivity index (χ0v) is 13.3. The molecule has 0 aliphatic carbocycles. The minimum atomic E-state index is -0.0348. The summed E-state index contributed by atoms with van der Waals surface area (Å²) >= 11 is 0. The summed E-state index contributed by atoms with van der Waals surface area (Å²) in [5.41, 5.74) is 0. The number of hydrogen-bond donors (Lipinski definition) is 0. The molecule has 1 fully saturated rings. The van der Waals surface area contributed by atoms with Gasteiger partial charge < -0.3 is 19.6 Å². The molecule has 1 saturated heterocycles. The molecule has 0 bridgehead atoms. The molecule has 0 aromatic carbocycles. The fourth-order valence-electron chi connectivity index (χ4n) is 2.25. The largest absolute Gasteiger partial charge is 0.339 e. The molecule has 0 aromatic rings. The zero-order valence-electron chi connectivity index (χ0n) is 13.3. The fourth-order valence-corrected chi connectivity index (χ4v) is 2.25. The quantitative estimate of drug-likeness (QED) is 0.663. The third kappa shape index (κ3) is 5.46. The Morgan fingerprint density at radius 2 is 1.65 bits per heavy atom. The molecule has 0 saturated carbocycles. The topological polar surface area (TPSA) is 47.1 Å². The molecule has 1 aliphatic heterocycles. The maximum Gasteiger partial charge on any atom is 0.242 e. The second-order valence-electron chi connectivity index (χ2n) is 5.56. The zero-order chi connectivity index (χ0) is 15.1. The number of likely N-dealkylation sites (N-methyl/N-ethyl adjacent to an activating group) is 2. The van der Waals surface area contributed by atoms with E-state index in [-0.39, 0.29) is 18.4 Å². The second kappa shape index (κ2) is 8.21. The molecule has 0 N–H and O–H groups in total. The van der Waals surface area contributed by atoms with Crippen molar-refractivity contribution >= 4 is 11.8 Å². The van der Waals surface area contributed by atoms with Crippen molar-refractivity contribution in [1.82, 2.24) is 19.6 Å². The van der Waals surface area contributed by atoms with Crippen LogP contribution in [0.15, 0.2) is 0 Å². The number of amides is 2. The fraction of sp³-hybridized carbons (Fsp3) is 0.857. The van der Waals surface area contributed by atoms with Gasteiger partial charge in [0.1, 0.15) is 0 Å². The Morgan fingerprint density at radius 3 is 2.10 bits per heavy atom. The first-order valence-electron chi connectivity index (χ1n) is 7.34. The van der Waals surface area contributed by atoms with Crippen molar-refractivity contribution in [2.24, 2.45) is 0 Å². The van der Waals surface area contributed by atoms with Crippen LogP contribution < -0.4 is 0 Å². The van der Waals surface area contributed by atoms with Crippen LogP contribution in [0.2, 0.25) is 0 Å². The Morgan fingerprint density at radius 1 is 1.05 bits per heavy atom. The van der Waals surface area contributed by atoms with Gasteiger partial charge in [0.2, 0.25) is 11.8 Å². The van der Waals surface area contributed by atoms with Crippen LogP contribution in [0, 0.1) is 0 Å². The molecule has 1 heterocycles. The highest BCUT2D eigenvalue weighted by Gasteiger charge is 2.22. The van der Waals surface area contributed by atoms with E-state index in [2.05, 4.69) is 11.8 Å². The van der Waals surface area contributed by atoms with E-state index in [9.17, 15) is 9.59 Å². The number of piperazine rings is 1. The number of hydrogen-bond acceptors (Lipinski definition) is 4. The van der Waals surface area contributed by atoms with Crippen LogP contribution in [0.25, 0.3) is 0 Å². The van der Waals surface area contributed by atoms with E-state index in [0.717, 1.165) is 39.3 Å². The summed E-state index contributed by atoms with van der Waals surface area (Å²) in [6, 6.07) is 0. The lowest BCUT2D eigenvalue weighted by atomic mass is 10.3. The van der Waals surface area contributed by atoms with Gasteiger partial charge in [-0.25, -0.2) is 0 Å². The maximum absolute atomic E-state index is 12.3. The van der Waals surface area contributed by atoms with Crippen molar-refractivity contribution in [2.45, 2.75) is 13.8 Å². The van der Waals surface area contributed by atoms with Gasteiger partial charge in [-0.15, -0.1) is 0 Å². The smallest absolute Gasteiger partial charge is 0.242 e. The van der Waals surface area contributed by atoms with Gasteiger partial charge in [0.15, 0.2) is 0 Å². The van der Waals surface area contributed by atoms with E-state index >= 15 is 0 Å². The highest BCUT2D eigenvalue weighted by atomic mass is 16.2. The molecule has 6 heteroatoms. The summed E-state index contributed by atoms with van der Waals surface area (Å²) in [5, 5.41) is 0. The van der Waals surface area contributed by atoms with Crippen LogP contribution in [-0.2, 0) is 9.59 Å². The van der Waals surface area contributed by atoms with Crippen molar-refractivity contribution in [3.05, 3.63) is 0 Å². The normalized spacial score (nSPS) is 16.6. The molecule has 0 atom stereocenters. The molecule has 0 spiro atoms. The van der Waals surface area contributed by atoms with Gasteiger partial charge in [0, 0.05) is 46.2 Å². The Labute approximate surface area is 122 Å². The minimum Gasteiger partial charge on any atom is -0.339 e. The predicted molar refractivity (Wildman–Crippen MR) is 79.5 cm³/mol. The predicted octanol–water partition coefficient (Wildman–Crippen LogP) is -0.439. The highest BCUT2D eigenvalue weighted by Crippen LogP contribution is 2.03. The molecule has 2 amide bonds. The molecule has 0 radical (unpaired) electrons. The minimum absolute atomic E-state index is 0.0348. The van der Waals surface area contributed by atoms with E-state index in [0.29, 0.717) is 6.54 Å². The molecule has 0 unspecified atom stereocenters. The Bertz CT molecular complexity index is 325. The Balaban J connectivity index is 2.43. The first-order chi connectivity index (χ1) is 9.43. The van der Waals surface area contributed by atoms with Crippen LogP contribution >= 0.6 is 0 Å². The summed E-state index contributed by atoms with van der Waals surface area (Å²) in [7, 11) is 3.92. The van der Waals surface area contributed by atoms with Crippen LogP contribution in [-0.4, -0.2) is 97.9 Å². The lowest BCUT2D eigenvalue weighted by Gasteiger charge is -2.35. The summed E-state index contributed by atoms with van der Waals surface area (Å²) in [6.45, 7) is 9.67. The number of carbonyl (C=O) groups excluding carboxylic acids is 2. The maximum atomic E-state index is 12.3. The van der Waals surface area contributed by atoms with Gasteiger partial charge >= 0.3 is 0 Å². The molecule has 1 aliphatic rings. The third-order valence-corrected chi connectivity index (χ3v) is 3.76. The highest BCUT2D eigenvalue weighted by molar-refractivity contribution is 5.83. The molecular formula is C14H28N4O2. The Kier molecular flexibility index (Phi) is 6.95. The van der Waals surface area contributed by atoms with Gasteiger partial charge in [0.05, 0.1) is 6.54 Å². The average molecular weight is 284 g/mol. The molecule has 20 heavy (non-hydrogen) atoms. The van der Waals surface area contributed by atoms with E-state index in [1.807, 2.05) is 23.9 Å².